The first-order valence-corrected chi connectivity index (χ1v) is 9.03. The largest absolute Gasteiger partial charge is 0.268 e. The van der Waals surface area contributed by atoms with E-state index in [0.29, 0.717) is 21.7 Å². The maximum Gasteiger partial charge on any atom is 0.266 e. The Morgan fingerprint density at radius 1 is 0.926 bits per heavy atom. The molecule has 0 saturated heterocycles. The summed E-state index contributed by atoms with van der Waals surface area (Å²) in [6.07, 6.45) is 3.83. The molecule has 0 spiro atoms. The van der Waals surface area contributed by atoms with Crippen LogP contribution in [0.25, 0.3) is 28.7 Å². The van der Waals surface area contributed by atoms with Gasteiger partial charge in [0, 0.05) is 5.02 Å². The number of halogens is 1. The van der Waals surface area contributed by atoms with Gasteiger partial charge in [0.25, 0.3) is 5.56 Å². The number of para-hydroxylation sites is 1. The fraction of sp³-hybridized carbons (Fsp3) is 0.0435. The summed E-state index contributed by atoms with van der Waals surface area (Å²) in [7, 11) is 0. The quantitative estimate of drug-likeness (QED) is 0.474. The van der Waals surface area contributed by atoms with Gasteiger partial charge in [0.15, 0.2) is 0 Å². The van der Waals surface area contributed by atoms with Crippen LogP contribution in [0.15, 0.2) is 77.6 Å². The van der Waals surface area contributed by atoms with Crippen molar-refractivity contribution in [3.63, 3.8) is 0 Å². The number of benzene rings is 3. The molecular formula is C23H17ClN2O. The Labute approximate surface area is 162 Å². The van der Waals surface area contributed by atoms with Crippen LogP contribution in [-0.4, -0.2) is 9.55 Å². The molecule has 0 amide bonds. The molecule has 0 aliphatic heterocycles. The molecule has 0 unspecified atom stereocenters. The van der Waals surface area contributed by atoms with Gasteiger partial charge in [0.2, 0.25) is 0 Å². The van der Waals surface area contributed by atoms with Gasteiger partial charge in [-0.1, -0.05) is 60.1 Å². The van der Waals surface area contributed by atoms with Gasteiger partial charge in [-0.15, -0.1) is 0 Å². The number of fused-ring (bicyclic) bond motifs is 1. The summed E-state index contributed by atoms with van der Waals surface area (Å²) < 4.78 is 1.65. The molecule has 4 heteroatoms. The minimum atomic E-state index is -0.0984. The molecule has 0 bridgehead atoms. The van der Waals surface area contributed by atoms with Crippen molar-refractivity contribution >= 4 is 34.7 Å². The Balaban J connectivity index is 1.98. The first kappa shape index (κ1) is 17.3. The zero-order valence-corrected chi connectivity index (χ0v) is 15.5. The fourth-order valence-electron chi connectivity index (χ4n) is 3.10. The topological polar surface area (TPSA) is 34.9 Å². The van der Waals surface area contributed by atoms with Crippen molar-refractivity contribution in [2.45, 2.75) is 6.92 Å². The molecule has 132 valence electrons. The fourth-order valence-corrected chi connectivity index (χ4v) is 3.33. The molecule has 1 aromatic heterocycles. The Morgan fingerprint density at radius 3 is 2.44 bits per heavy atom. The first-order valence-electron chi connectivity index (χ1n) is 8.65. The maximum absolute atomic E-state index is 13.3. The molecule has 0 fully saturated rings. The molecular weight excluding hydrogens is 356 g/mol. The normalized spacial score (nSPS) is 11.3. The van der Waals surface area contributed by atoms with Crippen molar-refractivity contribution in [2.24, 2.45) is 0 Å². The minimum Gasteiger partial charge on any atom is -0.268 e. The molecule has 4 rings (SSSR count). The third-order valence-corrected chi connectivity index (χ3v) is 4.66. The minimum absolute atomic E-state index is 0.0984. The molecule has 0 atom stereocenters. The van der Waals surface area contributed by atoms with E-state index >= 15 is 0 Å². The van der Waals surface area contributed by atoms with Gasteiger partial charge in [-0.25, -0.2) is 4.98 Å². The van der Waals surface area contributed by atoms with Crippen LogP contribution < -0.4 is 5.56 Å². The summed E-state index contributed by atoms with van der Waals surface area (Å²) in [5.41, 5.74) is 3.31. The van der Waals surface area contributed by atoms with Crippen LogP contribution in [0.3, 0.4) is 0 Å². The zero-order valence-electron chi connectivity index (χ0n) is 14.8. The Kier molecular flexibility index (Phi) is 4.61. The van der Waals surface area contributed by atoms with Crippen LogP contribution in [-0.2, 0) is 0 Å². The summed E-state index contributed by atoms with van der Waals surface area (Å²) in [6, 6.07) is 22.8. The molecule has 3 aromatic carbocycles. The van der Waals surface area contributed by atoms with E-state index in [4.69, 9.17) is 16.6 Å². The predicted octanol–water partition coefficient (Wildman–Crippen LogP) is 5.52. The second-order valence-electron chi connectivity index (χ2n) is 6.30. The SMILES string of the molecule is Cc1cc(Cl)ccc1-n1c(/C=C/c2ccccc2)nc2ccccc2c1=O. The van der Waals surface area contributed by atoms with E-state index in [1.165, 1.54) is 0 Å². The standard InChI is InChI=1S/C23H17ClN2O/c1-16-15-18(24)12-13-21(16)26-22(14-11-17-7-3-2-4-8-17)25-20-10-6-5-9-19(20)23(26)27/h2-15H,1H3/b14-11+. The Morgan fingerprint density at radius 2 is 1.67 bits per heavy atom. The van der Waals surface area contributed by atoms with Gasteiger partial charge in [0.05, 0.1) is 16.6 Å². The van der Waals surface area contributed by atoms with Crippen LogP contribution in [0.1, 0.15) is 17.0 Å². The van der Waals surface area contributed by atoms with Crippen LogP contribution in [0.4, 0.5) is 0 Å². The number of aryl methyl sites for hydroxylation is 1. The van der Waals surface area contributed by atoms with Gasteiger partial charge in [-0.05, 0) is 54.5 Å². The lowest BCUT2D eigenvalue weighted by molar-refractivity contribution is 0.934. The van der Waals surface area contributed by atoms with Crippen molar-refractivity contribution in [2.75, 3.05) is 0 Å². The summed E-state index contributed by atoms with van der Waals surface area (Å²) in [5, 5.41) is 1.23. The number of rotatable bonds is 3. The van der Waals surface area contributed by atoms with E-state index in [0.717, 1.165) is 16.8 Å². The molecule has 0 aliphatic rings. The highest BCUT2D eigenvalue weighted by molar-refractivity contribution is 6.30. The molecule has 27 heavy (non-hydrogen) atoms. The molecule has 0 N–H and O–H groups in total. The van der Waals surface area contributed by atoms with E-state index < -0.39 is 0 Å². The van der Waals surface area contributed by atoms with E-state index in [2.05, 4.69) is 0 Å². The van der Waals surface area contributed by atoms with Gasteiger partial charge >= 0.3 is 0 Å². The van der Waals surface area contributed by atoms with Gasteiger partial charge in [0.1, 0.15) is 5.82 Å². The molecule has 4 aromatic rings. The zero-order chi connectivity index (χ0) is 18.8. The highest BCUT2D eigenvalue weighted by Gasteiger charge is 2.12. The lowest BCUT2D eigenvalue weighted by atomic mass is 10.1. The van der Waals surface area contributed by atoms with Gasteiger partial charge < -0.3 is 0 Å². The Hall–Kier alpha value is -3.17. The van der Waals surface area contributed by atoms with E-state index in [-0.39, 0.29) is 5.56 Å². The third-order valence-electron chi connectivity index (χ3n) is 4.43. The van der Waals surface area contributed by atoms with Crippen molar-refractivity contribution in [1.29, 1.82) is 0 Å². The van der Waals surface area contributed by atoms with Crippen LogP contribution in [0.5, 0.6) is 0 Å². The van der Waals surface area contributed by atoms with Crippen LogP contribution in [0, 0.1) is 6.92 Å². The number of aromatic nitrogens is 2. The number of hydrogen-bond acceptors (Lipinski definition) is 2. The average Bonchev–Trinajstić information content (AvgIpc) is 2.68. The summed E-state index contributed by atoms with van der Waals surface area (Å²) in [5.74, 6) is 0.577. The van der Waals surface area contributed by atoms with Gasteiger partial charge in [-0.2, -0.15) is 0 Å². The number of nitrogens with zero attached hydrogens (tertiary/aromatic N) is 2. The van der Waals surface area contributed by atoms with Crippen molar-refractivity contribution in [1.82, 2.24) is 9.55 Å². The average molecular weight is 373 g/mol. The van der Waals surface area contributed by atoms with Crippen molar-refractivity contribution in [3.8, 4) is 5.69 Å². The highest BCUT2D eigenvalue weighted by Crippen LogP contribution is 2.21. The molecule has 0 radical (unpaired) electrons. The molecule has 0 saturated carbocycles. The predicted molar refractivity (Wildman–Crippen MR) is 112 cm³/mol. The maximum atomic E-state index is 13.3. The van der Waals surface area contributed by atoms with Gasteiger partial charge in [-0.3, -0.25) is 9.36 Å². The summed E-state index contributed by atoms with van der Waals surface area (Å²) >= 11 is 6.10. The molecule has 0 aliphatic carbocycles. The molecule has 3 nitrogen and oxygen atoms in total. The summed E-state index contributed by atoms with van der Waals surface area (Å²) in [4.78, 5) is 18.0. The van der Waals surface area contributed by atoms with Crippen molar-refractivity contribution in [3.05, 3.63) is 105 Å². The lowest BCUT2D eigenvalue weighted by Gasteiger charge is -2.14. The smallest absolute Gasteiger partial charge is 0.266 e. The van der Waals surface area contributed by atoms with E-state index in [1.807, 2.05) is 79.7 Å². The lowest BCUT2D eigenvalue weighted by Crippen LogP contribution is -2.23. The highest BCUT2D eigenvalue weighted by atomic mass is 35.5. The monoisotopic (exact) mass is 372 g/mol. The third kappa shape index (κ3) is 3.42. The van der Waals surface area contributed by atoms with Crippen LogP contribution >= 0.6 is 11.6 Å². The number of hydrogen-bond donors (Lipinski definition) is 0. The van der Waals surface area contributed by atoms with E-state index in [1.54, 1.807) is 16.7 Å². The van der Waals surface area contributed by atoms with E-state index in [9.17, 15) is 4.79 Å². The second-order valence-corrected chi connectivity index (χ2v) is 6.74. The van der Waals surface area contributed by atoms with Crippen molar-refractivity contribution < 1.29 is 0 Å². The van der Waals surface area contributed by atoms with Crippen LogP contribution in [0.2, 0.25) is 5.02 Å². The first-order chi connectivity index (χ1) is 13.1. The molecule has 1 heterocycles. The second kappa shape index (κ2) is 7.22. The Bertz CT molecular complexity index is 1210. The summed E-state index contributed by atoms with van der Waals surface area (Å²) in [6.45, 7) is 1.94.